The van der Waals surface area contributed by atoms with Crippen molar-refractivity contribution >= 4 is 27.5 Å². The van der Waals surface area contributed by atoms with Crippen LogP contribution in [0.3, 0.4) is 0 Å². The van der Waals surface area contributed by atoms with E-state index >= 15 is 0 Å². The van der Waals surface area contributed by atoms with Gasteiger partial charge in [0.15, 0.2) is 5.78 Å². The Morgan fingerprint density at radius 2 is 1.75 bits per heavy atom. The number of sulfonamides is 1. The lowest BCUT2D eigenvalue weighted by molar-refractivity contribution is 0.0600. The number of Topliss-reactive ketones (excluding diaryl/α,β-unsaturated/α-hetero) is 1. The van der Waals surface area contributed by atoms with Gasteiger partial charge in [0, 0.05) is 5.56 Å². The number of carbonyl (C=O) groups excluding carboxylic acids is 2. The maximum Gasteiger partial charge on any atom is 0.337 e. The summed E-state index contributed by atoms with van der Waals surface area (Å²) in [7, 11) is -2.57. The SMILES string of the molecule is COC(=O)c1ccc(NS(=O)(=O)c2cccc(C(C)=O)c2)c(C)c1. The molecule has 1 N–H and O–H groups in total. The van der Waals surface area contributed by atoms with Gasteiger partial charge in [0.25, 0.3) is 10.0 Å². The molecule has 7 heteroatoms. The summed E-state index contributed by atoms with van der Waals surface area (Å²) >= 11 is 0. The summed E-state index contributed by atoms with van der Waals surface area (Å²) < 4.78 is 32.1. The van der Waals surface area contributed by atoms with Crippen LogP contribution in [0.25, 0.3) is 0 Å². The van der Waals surface area contributed by atoms with Crippen LogP contribution in [0.15, 0.2) is 47.4 Å². The van der Waals surface area contributed by atoms with Crippen LogP contribution in [0.5, 0.6) is 0 Å². The summed E-state index contributed by atoms with van der Waals surface area (Å²) in [5.41, 5.74) is 1.56. The third kappa shape index (κ3) is 3.80. The molecule has 0 heterocycles. The smallest absolute Gasteiger partial charge is 0.337 e. The summed E-state index contributed by atoms with van der Waals surface area (Å²) in [5, 5.41) is 0. The summed E-state index contributed by atoms with van der Waals surface area (Å²) in [6, 6.07) is 10.3. The zero-order valence-corrected chi connectivity index (χ0v) is 14.3. The Bertz CT molecular complexity index is 903. The van der Waals surface area contributed by atoms with E-state index in [0.717, 1.165) is 0 Å². The number of esters is 1. The third-order valence-corrected chi connectivity index (χ3v) is 4.81. The number of methoxy groups -OCH3 is 1. The molecule has 6 nitrogen and oxygen atoms in total. The highest BCUT2D eigenvalue weighted by Crippen LogP contribution is 2.22. The monoisotopic (exact) mass is 347 g/mol. The summed E-state index contributed by atoms with van der Waals surface area (Å²) in [6.07, 6.45) is 0. The molecule has 0 amide bonds. The van der Waals surface area contributed by atoms with E-state index in [1.54, 1.807) is 13.0 Å². The highest BCUT2D eigenvalue weighted by atomic mass is 32.2. The first-order valence-corrected chi connectivity index (χ1v) is 8.55. The van der Waals surface area contributed by atoms with Crippen LogP contribution in [0, 0.1) is 6.92 Å². The number of ketones is 1. The third-order valence-electron chi connectivity index (χ3n) is 3.44. The van der Waals surface area contributed by atoms with Gasteiger partial charge in [-0.05, 0) is 49.7 Å². The van der Waals surface area contributed by atoms with Gasteiger partial charge in [-0.15, -0.1) is 0 Å². The standard InChI is InChI=1S/C17H17NO5S/c1-11-9-14(17(20)23-3)7-8-16(11)18-24(21,22)15-6-4-5-13(10-15)12(2)19/h4-10,18H,1-3H3. The van der Waals surface area contributed by atoms with Gasteiger partial charge in [-0.1, -0.05) is 12.1 Å². The minimum Gasteiger partial charge on any atom is -0.465 e. The molecule has 0 atom stereocenters. The van der Waals surface area contributed by atoms with Crippen LogP contribution < -0.4 is 4.72 Å². The summed E-state index contributed by atoms with van der Waals surface area (Å²) in [4.78, 5) is 22.9. The second kappa shape index (κ2) is 6.84. The molecule has 24 heavy (non-hydrogen) atoms. The van der Waals surface area contributed by atoms with Crippen molar-refractivity contribution in [3.8, 4) is 0 Å². The zero-order chi connectivity index (χ0) is 17.9. The lowest BCUT2D eigenvalue weighted by Crippen LogP contribution is -2.14. The van der Waals surface area contributed by atoms with Crippen molar-refractivity contribution in [1.82, 2.24) is 0 Å². The minimum atomic E-state index is -3.85. The number of anilines is 1. The zero-order valence-electron chi connectivity index (χ0n) is 13.5. The second-order valence-electron chi connectivity index (χ2n) is 5.21. The maximum atomic E-state index is 12.5. The fourth-order valence-electron chi connectivity index (χ4n) is 2.11. The highest BCUT2D eigenvalue weighted by molar-refractivity contribution is 7.92. The van der Waals surface area contributed by atoms with Gasteiger partial charge >= 0.3 is 5.97 Å². The molecular formula is C17H17NO5S. The summed E-state index contributed by atoms with van der Waals surface area (Å²) in [6.45, 7) is 3.05. The van der Waals surface area contributed by atoms with Gasteiger partial charge in [-0.2, -0.15) is 0 Å². The highest BCUT2D eigenvalue weighted by Gasteiger charge is 2.17. The Kier molecular flexibility index (Phi) is 5.04. The van der Waals surface area contributed by atoms with Crippen molar-refractivity contribution < 1.29 is 22.7 Å². The van der Waals surface area contributed by atoms with Gasteiger partial charge in [0.1, 0.15) is 0 Å². The predicted octanol–water partition coefficient (Wildman–Crippen LogP) is 2.79. The Morgan fingerprint density at radius 1 is 1.04 bits per heavy atom. The molecule has 0 bridgehead atoms. The molecule has 126 valence electrons. The first-order valence-electron chi connectivity index (χ1n) is 7.07. The molecule has 0 saturated carbocycles. The predicted molar refractivity (Wildman–Crippen MR) is 89.8 cm³/mol. The number of aryl methyl sites for hydroxylation is 1. The fraction of sp³-hybridized carbons (Fsp3) is 0.176. The van der Waals surface area contributed by atoms with Crippen LogP contribution in [0.4, 0.5) is 5.69 Å². The molecule has 2 rings (SSSR count). The topological polar surface area (TPSA) is 89.5 Å². The van der Waals surface area contributed by atoms with Gasteiger partial charge in [-0.25, -0.2) is 13.2 Å². The van der Waals surface area contributed by atoms with Crippen LogP contribution >= 0.6 is 0 Å². The molecule has 0 fully saturated rings. The van der Waals surface area contributed by atoms with Gasteiger partial charge in [0.05, 0.1) is 23.3 Å². The molecule has 0 aliphatic heterocycles. The van der Waals surface area contributed by atoms with E-state index in [2.05, 4.69) is 9.46 Å². The lowest BCUT2D eigenvalue weighted by Gasteiger charge is -2.12. The molecule has 0 aromatic heterocycles. The van der Waals surface area contributed by atoms with Crippen molar-refractivity contribution in [2.24, 2.45) is 0 Å². The number of hydrogen-bond donors (Lipinski definition) is 1. The minimum absolute atomic E-state index is 0.00774. The van der Waals surface area contributed by atoms with Crippen molar-refractivity contribution in [2.45, 2.75) is 18.7 Å². The maximum absolute atomic E-state index is 12.5. The quantitative estimate of drug-likeness (QED) is 0.663. The Hall–Kier alpha value is -2.67. The van der Waals surface area contributed by atoms with Crippen LogP contribution in [-0.2, 0) is 14.8 Å². The fourth-order valence-corrected chi connectivity index (χ4v) is 3.29. The van der Waals surface area contributed by atoms with Crippen LogP contribution in [0.1, 0.15) is 33.2 Å². The van der Waals surface area contributed by atoms with Gasteiger partial charge in [0.2, 0.25) is 0 Å². The number of nitrogens with one attached hydrogen (secondary N) is 1. The van der Waals surface area contributed by atoms with E-state index in [4.69, 9.17) is 0 Å². The number of hydrogen-bond acceptors (Lipinski definition) is 5. The Balaban J connectivity index is 2.34. The van der Waals surface area contributed by atoms with E-state index in [1.165, 1.54) is 50.4 Å². The van der Waals surface area contributed by atoms with E-state index < -0.39 is 16.0 Å². The van der Waals surface area contributed by atoms with Gasteiger partial charge < -0.3 is 4.74 Å². The largest absolute Gasteiger partial charge is 0.465 e. The molecular weight excluding hydrogens is 330 g/mol. The Labute approximate surface area is 140 Å². The Morgan fingerprint density at radius 3 is 2.33 bits per heavy atom. The number of carbonyl (C=O) groups is 2. The van der Waals surface area contributed by atoms with Crippen molar-refractivity contribution in [3.63, 3.8) is 0 Å². The molecule has 0 radical (unpaired) electrons. The average Bonchev–Trinajstić information content (AvgIpc) is 2.56. The lowest BCUT2D eigenvalue weighted by atomic mass is 10.1. The van der Waals surface area contributed by atoms with E-state index in [0.29, 0.717) is 22.4 Å². The molecule has 0 unspecified atom stereocenters. The molecule has 0 spiro atoms. The average molecular weight is 347 g/mol. The van der Waals surface area contributed by atoms with Crippen molar-refractivity contribution in [2.75, 3.05) is 11.8 Å². The molecule has 2 aromatic rings. The molecule has 0 saturated heterocycles. The number of benzene rings is 2. The molecule has 0 aliphatic rings. The number of rotatable bonds is 5. The summed E-state index contributed by atoms with van der Waals surface area (Å²) in [5.74, 6) is -0.715. The van der Waals surface area contributed by atoms with E-state index in [1.807, 2.05) is 0 Å². The first-order chi connectivity index (χ1) is 11.2. The van der Waals surface area contributed by atoms with E-state index in [-0.39, 0.29) is 10.7 Å². The number of ether oxygens (including phenoxy) is 1. The first kappa shape index (κ1) is 17.7. The van der Waals surface area contributed by atoms with Gasteiger partial charge in [-0.3, -0.25) is 9.52 Å². The van der Waals surface area contributed by atoms with Crippen molar-refractivity contribution in [1.29, 1.82) is 0 Å². The van der Waals surface area contributed by atoms with E-state index in [9.17, 15) is 18.0 Å². The molecule has 0 aliphatic carbocycles. The van der Waals surface area contributed by atoms with Crippen molar-refractivity contribution in [3.05, 3.63) is 59.2 Å². The molecule has 2 aromatic carbocycles. The van der Waals surface area contributed by atoms with Crippen LogP contribution in [0.2, 0.25) is 0 Å². The van der Waals surface area contributed by atoms with Crippen LogP contribution in [-0.4, -0.2) is 27.3 Å². The second-order valence-corrected chi connectivity index (χ2v) is 6.89. The normalized spacial score (nSPS) is 11.0.